The van der Waals surface area contributed by atoms with Gasteiger partial charge in [0.2, 0.25) is 10.0 Å². The molecule has 0 aromatic heterocycles. The highest BCUT2D eigenvalue weighted by molar-refractivity contribution is 7.89. The number of carbonyl (C=O) groups is 1. The van der Waals surface area contributed by atoms with Gasteiger partial charge in [0.05, 0.1) is 4.90 Å². The van der Waals surface area contributed by atoms with Crippen LogP contribution >= 0.6 is 0 Å². The number of carbonyl (C=O) groups excluding carboxylic acids is 1. The third-order valence-electron chi connectivity index (χ3n) is 4.44. The number of aryl methyl sites for hydroxylation is 1. The van der Waals surface area contributed by atoms with Gasteiger partial charge in [0, 0.05) is 37.8 Å². The van der Waals surface area contributed by atoms with E-state index >= 15 is 0 Å². The summed E-state index contributed by atoms with van der Waals surface area (Å²) in [5.41, 5.74) is 1.09. The van der Waals surface area contributed by atoms with Crippen LogP contribution in [0.25, 0.3) is 0 Å². The number of amides is 1. The first-order chi connectivity index (χ1) is 10.9. The maximum atomic E-state index is 12.9. The van der Waals surface area contributed by atoms with E-state index in [4.69, 9.17) is 0 Å². The highest BCUT2D eigenvalue weighted by Crippen LogP contribution is 2.24. The van der Waals surface area contributed by atoms with E-state index in [0.29, 0.717) is 24.2 Å². The number of hydrogen-bond acceptors (Lipinski definition) is 4. The van der Waals surface area contributed by atoms with Gasteiger partial charge in [0.15, 0.2) is 0 Å². The van der Waals surface area contributed by atoms with E-state index in [2.05, 4.69) is 10.2 Å². The smallest absolute Gasteiger partial charge is 0.251 e. The molecule has 3 rings (SSSR count). The summed E-state index contributed by atoms with van der Waals surface area (Å²) < 4.78 is 27.3. The number of hydrogen-bond donors (Lipinski definition) is 1. The van der Waals surface area contributed by atoms with Crippen LogP contribution in [0.3, 0.4) is 0 Å². The normalized spacial score (nSPS) is 20.4. The number of rotatable bonds is 4. The first-order valence-electron chi connectivity index (χ1n) is 7.98. The van der Waals surface area contributed by atoms with E-state index < -0.39 is 10.0 Å². The Kier molecular flexibility index (Phi) is 4.44. The van der Waals surface area contributed by atoms with Crippen molar-refractivity contribution in [2.45, 2.75) is 30.7 Å². The minimum atomic E-state index is -3.56. The molecule has 1 aliphatic heterocycles. The fourth-order valence-corrected chi connectivity index (χ4v) is 4.36. The molecule has 2 fully saturated rings. The molecule has 0 radical (unpaired) electrons. The van der Waals surface area contributed by atoms with Crippen molar-refractivity contribution in [2.24, 2.45) is 0 Å². The molecule has 1 aromatic rings. The van der Waals surface area contributed by atoms with Crippen LogP contribution in [0.4, 0.5) is 0 Å². The second-order valence-corrected chi connectivity index (χ2v) is 8.34. The summed E-state index contributed by atoms with van der Waals surface area (Å²) in [6, 6.07) is 5.17. The molecule has 1 aromatic carbocycles. The zero-order chi connectivity index (χ0) is 16.6. The van der Waals surface area contributed by atoms with Crippen molar-refractivity contribution in [3.05, 3.63) is 29.3 Å². The third-order valence-corrected chi connectivity index (χ3v) is 6.48. The fourth-order valence-electron chi connectivity index (χ4n) is 2.68. The topological polar surface area (TPSA) is 69.7 Å². The molecular weight excluding hydrogens is 314 g/mol. The maximum Gasteiger partial charge on any atom is 0.251 e. The zero-order valence-corrected chi connectivity index (χ0v) is 14.4. The molecule has 1 aliphatic carbocycles. The number of nitrogens with zero attached hydrogens (tertiary/aromatic N) is 2. The predicted molar refractivity (Wildman–Crippen MR) is 87.9 cm³/mol. The molecule has 1 saturated heterocycles. The number of likely N-dealkylation sites (N-methyl/N-ethyl adjacent to an activating group) is 1. The highest BCUT2D eigenvalue weighted by Gasteiger charge is 2.30. The molecule has 23 heavy (non-hydrogen) atoms. The average molecular weight is 337 g/mol. The first kappa shape index (κ1) is 16.4. The SMILES string of the molecule is Cc1ccc(C(=O)NC2CC2)cc1S(=O)(=O)N1CCN(C)CC1. The van der Waals surface area contributed by atoms with Gasteiger partial charge in [-0.15, -0.1) is 0 Å². The minimum absolute atomic E-state index is 0.192. The van der Waals surface area contributed by atoms with Crippen molar-refractivity contribution >= 4 is 15.9 Å². The van der Waals surface area contributed by atoms with E-state index in [-0.39, 0.29) is 16.8 Å². The quantitative estimate of drug-likeness (QED) is 0.883. The van der Waals surface area contributed by atoms with Crippen LogP contribution in [0.1, 0.15) is 28.8 Å². The Morgan fingerprint density at radius 1 is 1.17 bits per heavy atom. The standard InChI is InChI=1S/C16H23N3O3S/c1-12-3-4-13(16(20)17-14-5-6-14)11-15(12)23(21,22)19-9-7-18(2)8-10-19/h3-4,11,14H,5-10H2,1-2H3,(H,17,20). The summed E-state index contributed by atoms with van der Waals surface area (Å²) >= 11 is 0. The molecule has 126 valence electrons. The van der Waals surface area contributed by atoms with Crippen molar-refractivity contribution in [3.8, 4) is 0 Å². The average Bonchev–Trinajstić information content (AvgIpc) is 3.31. The lowest BCUT2D eigenvalue weighted by Gasteiger charge is -2.32. The van der Waals surface area contributed by atoms with E-state index in [9.17, 15) is 13.2 Å². The summed E-state index contributed by atoms with van der Waals surface area (Å²) in [7, 11) is -1.57. The molecule has 7 heteroatoms. The number of nitrogens with one attached hydrogen (secondary N) is 1. The van der Waals surface area contributed by atoms with Gasteiger partial charge in [0.25, 0.3) is 5.91 Å². The largest absolute Gasteiger partial charge is 0.349 e. The van der Waals surface area contributed by atoms with Crippen LogP contribution < -0.4 is 5.32 Å². The van der Waals surface area contributed by atoms with Crippen molar-refractivity contribution in [1.29, 1.82) is 0 Å². The van der Waals surface area contributed by atoms with Crippen LogP contribution in [-0.2, 0) is 10.0 Å². The summed E-state index contributed by atoms with van der Waals surface area (Å²) in [6.45, 7) is 4.18. The predicted octanol–water partition coefficient (Wildman–Crippen LogP) is 0.823. The van der Waals surface area contributed by atoms with Gasteiger partial charge in [0.1, 0.15) is 0 Å². The lowest BCUT2D eigenvalue weighted by Crippen LogP contribution is -2.47. The Morgan fingerprint density at radius 2 is 1.83 bits per heavy atom. The second-order valence-electron chi connectivity index (χ2n) is 6.44. The van der Waals surface area contributed by atoms with E-state index in [1.807, 2.05) is 7.05 Å². The summed E-state index contributed by atoms with van der Waals surface area (Å²) in [6.07, 6.45) is 2.01. The van der Waals surface area contributed by atoms with Crippen molar-refractivity contribution in [3.63, 3.8) is 0 Å². The van der Waals surface area contributed by atoms with Crippen LogP contribution in [0.5, 0.6) is 0 Å². The van der Waals surface area contributed by atoms with Gasteiger partial charge in [-0.25, -0.2) is 8.42 Å². The molecule has 0 atom stereocenters. The van der Waals surface area contributed by atoms with Crippen molar-refractivity contribution < 1.29 is 13.2 Å². The van der Waals surface area contributed by atoms with E-state index in [1.54, 1.807) is 19.1 Å². The molecule has 0 unspecified atom stereocenters. The van der Waals surface area contributed by atoms with Gasteiger partial charge in [-0.05, 0) is 44.5 Å². The van der Waals surface area contributed by atoms with Crippen LogP contribution in [0.2, 0.25) is 0 Å². The number of piperazine rings is 1. The monoisotopic (exact) mass is 337 g/mol. The minimum Gasteiger partial charge on any atom is -0.349 e. The lowest BCUT2D eigenvalue weighted by molar-refractivity contribution is 0.0951. The zero-order valence-electron chi connectivity index (χ0n) is 13.6. The molecule has 0 spiro atoms. The van der Waals surface area contributed by atoms with Gasteiger partial charge in [-0.3, -0.25) is 4.79 Å². The van der Waals surface area contributed by atoms with E-state index in [1.165, 1.54) is 10.4 Å². The number of sulfonamides is 1. The molecule has 1 N–H and O–H groups in total. The Hall–Kier alpha value is -1.44. The van der Waals surface area contributed by atoms with Crippen LogP contribution in [0, 0.1) is 6.92 Å². The molecule has 1 amide bonds. The third kappa shape index (κ3) is 3.57. The molecule has 1 saturated carbocycles. The summed E-state index contributed by atoms with van der Waals surface area (Å²) in [4.78, 5) is 14.5. The molecule has 0 bridgehead atoms. The summed E-state index contributed by atoms with van der Waals surface area (Å²) in [5.74, 6) is -0.192. The Morgan fingerprint density at radius 3 is 2.43 bits per heavy atom. The fraction of sp³-hybridized carbons (Fsp3) is 0.562. The Balaban J connectivity index is 1.86. The molecule has 2 aliphatic rings. The van der Waals surface area contributed by atoms with Gasteiger partial charge < -0.3 is 10.2 Å². The van der Waals surface area contributed by atoms with Gasteiger partial charge in [-0.2, -0.15) is 4.31 Å². The Labute approximate surface area is 137 Å². The van der Waals surface area contributed by atoms with Crippen molar-refractivity contribution in [2.75, 3.05) is 33.2 Å². The van der Waals surface area contributed by atoms with Gasteiger partial charge >= 0.3 is 0 Å². The van der Waals surface area contributed by atoms with Crippen LogP contribution in [-0.4, -0.2) is 62.8 Å². The molecule has 1 heterocycles. The van der Waals surface area contributed by atoms with Gasteiger partial charge in [-0.1, -0.05) is 6.07 Å². The lowest BCUT2D eigenvalue weighted by atomic mass is 10.1. The Bertz CT molecular complexity index is 705. The maximum absolute atomic E-state index is 12.9. The highest BCUT2D eigenvalue weighted by atomic mass is 32.2. The number of benzene rings is 1. The first-order valence-corrected chi connectivity index (χ1v) is 9.42. The van der Waals surface area contributed by atoms with E-state index in [0.717, 1.165) is 25.9 Å². The van der Waals surface area contributed by atoms with Crippen molar-refractivity contribution in [1.82, 2.24) is 14.5 Å². The molecule has 6 nitrogen and oxygen atoms in total. The second kappa shape index (κ2) is 6.22. The molecular formula is C16H23N3O3S. The summed E-state index contributed by atoms with van der Waals surface area (Å²) in [5, 5.41) is 2.90. The van der Waals surface area contributed by atoms with Crippen LogP contribution in [0.15, 0.2) is 23.1 Å².